The fourth-order valence-corrected chi connectivity index (χ4v) is 5.96. The number of rotatable bonds is 3. The molecule has 10 nitrogen and oxygen atoms in total. The van der Waals surface area contributed by atoms with Crippen LogP contribution in [0.4, 0.5) is 10.2 Å². The van der Waals surface area contributed by atoms with Gasteiger partial charge in [-0.15, -0.1) is 0 Å². The average Bonchev–Trinajstić information content (AvgIpc) is 2.86. The maximum Gasteiger partial charge on any atom is 0.341 e. The van der Waals surface area contributed by atoms with Crippen LogP contribution in [0.25, 0.3) is 11.0 Å². The van der Waals surface area contributed by atoms with Gasteiger partial charge in [-0.05, 0) is 51.1 Å². The normalized spacial score (nSPS) is 29.8. The first kappa shape index (κ1) is 23.2. The van der Waals surface area contributed by atoms with Crippen molar-refractivity contribution in [3.8, 4) is 0 Å². The van der Waals surface area contributed by atoms with Crippen molar-refractivity contribution in [3.63, 3.8) is 0 Å². The van der Waals surface area contributed by atoms with E-state index in [1.54, 1.807) is 0 Å². The minimum absolute atomic E-state index is 0.0629. The molecule has 0 aromatic carbocycles. The van der Waals surface area contributed by atoms with E-state index in [0.717, 1.165) is 32.1 Å². The Hall–Kier alpha value is -2.57. The lowest BCUT2D eigenvalue weighted by molar-refractivity contribution is -0.0864. The molecule has 4 heterocycles. The number of hydrogen-bond donors (Lipinski definition) is 2. The predicted octanol–water partition coefficient (Wildman–Crippen LogP) is 1.53. The quantitative estimate of drug-likeness (QED) is 0.610. The molecular formula is C22H27FN4O6S. The molecule has 2 atom stereocenters. The molecule has 2 unspecified atom stereocenters. The van der Waals surface area contributed by atoms with Crippen molar-refractivity contribution in [3.05, 3.63) is 33.9 Å². The van der Waals surface area contributed by atoms with Crippen LogP contribution < -0.4 is 10.3 Å². The largest absolute Gasteiger partial charge is 0.477 e. The summed E-state index contributed by atoms with van der Waals surface area (Å²) >= 11 is 0. The van der Waals surface area contributed by atoms with E-state index in [4.69, 9.17) is 4.55 Å². The number of aromatic carboxylic acids is 1. The number of halogens is 1. The standard InChI is InChI=1S/C21H23FN4O3.CH4O3S/c1-24-12-2-3-13(24)9-25(8-12)19-16(22)4-14-17(27)15(20(28)29)10-26(18(14)23-19)21-5-11(6-21)7-21;1-5(2,3)4/h4,10-13H,2-3,5-9H2,1H3,(H,28,29);1H3,(H,2,3,4). The Morgan fingerprint density at radius 3 is 2.24 bits per heavy atom. The topological polar surface area (TPSA) is 133 Å². The van der Waals surface area contributed by atoms with Crippen LogP contribution in [0.5, 0.6) is 0 Å². The van der Waals surface area contributed by atoms with E-state index in [2.05, 4.69) is 16.9 Å². The third-order valence-corrected chi connectivity index (χ3v) is 7.81. The number of hydrogen-bond acceptors (Lipinski definition) is 7. The molecule has 0 spiro atoms. The Morgan fingerprint density at radius 2 is 1.76 bits per heavy atom. The first-order valence-electron chi connectivity index (χ1n) is 11.3. The first-order chi connectivity index (χ1) is 15.9. The molecule has 2 aromatic rings. The van der Waals surface area contributed by atoms with Gasteiger partial charge in [0.05, 0.1) is 11.6 Å². The summed E-state index contributed by atoms with van der Waals surface area (Å²) in [7, 11) is -1.54. The van der Waals surface area contributed by atoms with E-state index in [0.29, 0.717) is 43.0 Å². The fourth-order valence-electron chi connectivity index (χ4n) is 5.96. The van der Waals surface area contributed by atoms with Crippen LogP contribution >= 0.6 is 0 Å². The van der Waals surface area contributed by atoms with Crippen LogP contribution in [0.1, 0.15) is 42.5 Å². The molecule has 34 heavy (non-hydrogen) atoms. The molecule has 2 saturated heterocycles. The first-order valence-corrected chi connectivity index (χ1v) is 13.1. The lowest BCUT2D eigenvalue weighted by Gasteiger charge is -2.62. The fraction of sp³-hybridized carbons (Fsp3) is 0.591. The Balaban J connectivity index is 0.000000439. The number of pyridine rings is 2. The Labute approximate surface area is 195 Å². The van der Waals surface area contributed by atoms with Gasteiger partial charge in [-0.25, -0.2) is 14.2 Å². The highest BCUT2D eigenvalue weighted by Gasteiger charge is 2.58. The molecule has 3 aliphatic carbocycles. The lowest BCUT2D eigenvalue weighted by atomic mass is 9.49. The van der Waals surface area contributed by atoms with E-state index in [1.165, 1.54) is 12.3 Å². The minimum atomic E-state index is -3.67. The molecule has 2 aliphatic heterocycles. The summed E-state index contributed by atoms with van der Waals surface area (Å²) < 4.78 is 42.8. The second-order valence-corrected chi connectivity index (χ2v) is 11.6. The van der Waals surface area contributed by atoms with Crippen molar-refractivity contribution in [1.29, 1.82) is 0 Å². The lowest BCUT2D eigenvalue weighted by Crippen LogP contribution is -2.59. The molecule has 12 heteroatoms. The van der Waals surface area contributed by atoms with Crippen LogP contribution in [0.2, 0.25) is 0 Å². The molecule has 5 aliphatic rings. The van der Waals surface area contributed by atoms with Crippen LogP contribution in [0, 0.1) is 11.7 Å². The summed E-state index contributed by atoms with van der Waals surface area (Å²) in [5, 5.41) is 9.56. The molecule has 4 bridgehead atoms. The molecule has 0 radical (unpaired) electrons. The maximum atomic E-state index is 15.1. The molecule has 5 fully saturated rings. The Morgan fingerprint density at radius 1 is 1.21 bits per heavy atom. The molecular weight excluding hydrogens is 467 g/mol. The van der Waals surface area contributed by atoms with Gasteiger partial charge in [0.1, 0.15) is 11.2 Å². The number of nitrogens with zero attached hydrogens (tertiary/aromatic N) is 4. The van der Waals surface area contributed by atoms with Crippen LogP contribution in [0.3, 0.4) is 0 Å². The second kappa shape index (κ2) is 7.72. The second-order valence-electron chi connectivity index (χ2n) is 10.1. The Bertz CT molecular complexity index is 1320. The number of carbonyl (C=O) groups is 1. The number of anilines is 1. The van der Waals surface area contributed by atoms with Crippen molar-refractivity contribution >= 4 is 32.9 Å². The van der Waals surface area contributed by atoms with Gasteiger partial charge in [0.15, 0.2) is 11.6 Å². The average molecular weight is 495 g/mol. The summed E-state index contributed by atoms with van der Waals surface area (Å²) in [4.78, 5) is 33.4. The highest BCUT2D eigenvalue weighted by Crippen LogP contribution is 2.62. The van der Waals surface area contributed by atoms with Crippen molar-refractivity contribution < 1.29 is 27.3 Å². The molecule has 7 rings (SSSR count). The van der Waals surface area contributed by atoms with Crippen molar-refractivity contribution in [2.24, 2.45) is 5.92 Å². The van der Waals surface area contributed by atoms with Crippen LogP contribution in [-0.2, 0) is 15.7 Å². The molecule has 2 N–H and O–H groups in total. The SMILES string of the molecule is CN1C2CCC1CN(c1nc3c(cc1F)c(=O)c(C(=O)O)cn3C13CC(C1)C3)C2.CS(=O)(=O)O. The zero-order valence-electron chi connectivity index (χ0n) is 18.9. The maximum absolute atomic E-state index is 15.1. The number of carboxylic acids is 1. The van der Waals surface area contributed by atoms with Gasteiger partial charge < -0.3 is 14.6 Å². The van der Waals surface area contributed by atoms with Gasteiger partial charge in [0.25, 0.3) is 10.1 Å². The summed E-state index contributed by atoms with van der Waals surface area (Å²) in [5.41, 5.74) is -0.717. The number of fused-ring (bicyclic) bond motifs is 3. The van der Waals surface area contributed by atoms with E-state index >= 15 is 4.39 Å². The monoisotopic (exact) mass is 494 g/mol. The summed E-state index contributed by atoms with van der Waals surface area (Å²) in [5.74, 6) is -0.876. The van der Waals surface area contributed by atoms with Crippen molar-refractivity contribution in [2.45, 2.75) is 49.7 Å². The van der Waals surface area contributed by atoms with E-state index < -0.39 is 27.3 Å². The number of likely N-dealkylation sites (N-methyl/N-ethyl adjacent to an activating group) is 1. The molecule has 3 saturated carbocycles. The van der Waals surface area contributed by atoms with Crippen molar-refractivity contribution in [1.82, 2.24) is 14.5 Å². The summed E-state index contributed by atoms with van der Waals surface area (Å²) in [6.07, 6.45) is 7.26. The summed E-state index contributed by atoms with van der Waals surface area (Å²) in [6, 6.07) is 1.98. The van der Waals surface area contributed by atoms with Crippen molar-refractivity contribution in [2.75, 3.05) is 31.3 Å². The minimum Gasteiger partial charge on any atom is -0.477 e. The van der Waals surface area contributed by atoms with Crippen LogP contribution in [0.15, 0.2) is 17.1 Å². The number of piperazine rings is 1. The highest BCUT2D eigenvalue weighted by atomic mass is 32.2. The van der Waals surface area contributed by atoms with E-state index in [1.807, 2.05) is 9.47 Å². The third kappa shape index (κ3) is 3.77. The van der Waals surface area contributed by atoms with Gasteiger partial charge in [-0.2, -0.15) is 8.42 Å². The van der Waals surface area contributed by atoms with Gasteiger partial charge in [-0.1, -0.05) is 0 Å². The highest BCUT2D eigenvalue weighted by molar-refractivity contribution is 7.85. The van der Waals surface area contributed by atoms with Gasteiger partial charge in [-0.3, -0.25) is 14.2 Å². The number of aromatic nitrogens is 2. The molecule has 0 amide bonds. The predicted molar refractivity (Wildman–Crippen MR) is 122 cm³/mol. The number of carboxylic acid groups (broad SMARTS) is 1. The zero-order valence-corrected chi connectivity index (χ0v) is 19.8. The van der Waals surface area contributed by atoms with Crippen LogP contribution in [-0.4, -0.2) is 77.0 Å². The van der Waals surface area contributed by atoms with E-state index in [-0.39, 0.29) is 22.3 Å². The summed E-state index contributed by atoms with van der Waals surface area (Å²) in [6.45, 7) is 1.43. The van der Waals surface area contributed by atoms with Gasteiger partial charge in [0.2, 0.25) is 5.43 Å². The third-order valence-electron chi connectivity index (χ3n) is 7.81. The molecule has 2 aromatic heterocycles. The van der Waals surface area contributed by atoms with Gasteiger partial charge in [0, 0.05) is 36.9 Å². The van der Waals surface area contributed by atoms with E-state index in [9.17, 15) is 23.1 Å². The van der Waals surface area contributed by atoms with Gasteiger partial charge >= 0.3 is 5.97 Å². The zero-order chi connectivity index (χ0) is 24.6. The molecule has 184 valence electrons. The Kier molecular flexibility index (Phi) is 5.26. The smallest absolute Gasteiger partial charge is 0.341 e.